The van der Waals surface area contributed by atoms with E-state index >= 15 is 0 Å². The van der Waals surface area contributed by atoms with Gasteiger partial charge in [-0.15, -0.1) is 0 Å². The first-order valence-corrected chi connectivity index (χ1v) is 8.29. The van der Waals surface area contributed by atoms with Crippen LogP contribution in [0.1, 0.15) is 58.8 Å². The first-order chi connectivity index (χ1) is 8.85. The van der Waals surface area contributed by atoms with Crippen LogP contribution in [-0.2, 0) is 0 Å². The second-order valence-electron chi connectivity index (χ2n) is 6.33. The summed E-state index contributed by atoms with van der Waals surface area (Å²) in [7, 11) is 0. The van der Waals surface area contributed by atoms with Gasteiger partial charge in [-0.05, 0) is 57.2 Å². The third kappa shape index (κ3) is 3.71. The fourth-order valence-corrected chi connectivity index (χ4v) is 4.09. The zero-order valence-electron chi connectivity index (χ0n) is 12.5. The summed E-state index contributed by atoms with van der Waals surface area (Å²) in [5.74, 6) is 1.91. The maximum atomic E-state index is 3.52. The van der Waals surface area contributed by atoms with Gasteiger partial charge in [-0.2, -0.15) is 0 Å². The average molecular weight is 252 g/mol. The lowest BCUT2D eigenvalue weighted by Gasteiger charge is -2.36. The first-order valence-electron chi connectivity index (χ1n) is 8.29. The van der Waals surface area contributed by atoms with Crippen LogP contribution in [0.5, 0.6) is 0 Å². The van der Waals surface area contributed by atoms with Crippen molar-refractivity contribution in [2.75, 3.05) is 26.2 Å². The van der Waals surface area contributed by atoms with E-state index in [0.717, 1.165) is 24.4 Å². The summed E-state index contributed by atoms with van der Waals surface area (Å²) < 4.78 is 0. The number of likely N-dealkylation sites (tertiary alicyclic amines) is 1. The minimum absolute atomic E-state index is 0.886. The fourth-order valence-electron chi connectivity index (χ4n) is 4.09. The van der Waals surface area contributed by atoms with E-state index < -0.39 is 0 Å². The van der Waals surface area contributed by atoms with Gasteiger partial charge >= 0.3 is 0 Å². The van der Waals surface area contributed by atoms with E-state index in [1.807, 2.05) is 0 Å². The quantitative estimate of drug-likeness (QED) is 0.780. The Balaban J connectivity index is 1.81. The molecule has 2 nitrogen and oxygen atoms in total. The maximum Gasteiger partial charge on any atom is 0.0121 e. The van der Waals surface area contributed by atoms with Crippen LogP contribution in [0.3, 0.4) is 0 Å². The summed E-state index contributed by atoms with van der Waals surface area (Å²) in [4.78, 5) is 2.82. The molecule has 0 radical (unpaired) electrons. The van der Waals surface area contributed by atoms with E-state index in [2.05, 4.69) is 24.1 Å². The largest absolute Gasteiger partial charge is 0.317 e. The van der Waals surface area contributed by atoms with Crippen LogP contribution in [0.4, 0.5) is 0 Å². The van der Waals surface area contributed by atoms with Gasteiger partial charge in [-0.1, -0.05) is 33.1 Å². The first kappa shape index (κ1) is 14.3. The van der Waals surface area contributed by atoms with Crippen LogP contribution in [0.15, 0.2) is 0 Å². The Morgan fingerprint density at radius 2 is 1.89 bits per heavy atom. The molecule has 0 aromatic carbocycles. The number of hydrogen-bond acceptors (Lipinski definition) is 2. The third-order valence-corrected chi connectivity index (χ3v) is 5.08. The molecule has 0 amide bonds. The van der Waals surface area contributed by atoms with Gasteiger partial charge < -0.3 is 5.32 Å². The van der Waals surface area contributed by atoms with Crippen LogP contribution in [-0.4, -0.2) is 37.1 Å². The lowest BCUT2D eigenvalue weighted by Crippen LogP contribution is -2.40. The molecule has 1 saturated carbocycles. The lowest BCUT2D eigenvalue weighted by atomic mass is 9.82. The van der Waals surface area contributed by atoms with Crippen LogP contribution in [0.25, 0.3) is 0 Å². The number of nitrogens with zero attached hydrogens (tertiary/aromatic N) is 1. The van der Waals surface area contributed by atoms with Crippen LogP contribution in [0, 0.1) is 11.8 Å². The molecule has 0 aromatic heterocycles. The predicted octanol–water partition coefficient (Wildman–Crippen LogP) is 3.28. The molecule has 1 N–H and O–H groups in total. The summed E-state index contributed by atoms with van der Waals surface area (Å²) >= 11 is 0. The molecule has 1 aliphatic carbocycles. The van der Waals surface area contributed by atoms with E-state index in [-0.39, 0.29) is 0 Å². The molecule has 18 heavy (non-hydrogen) atoms. The van der Waals surface area contributed by atoms with E-state index in [9.17, 15) is 0 Å². The maximum absolute atomic E-state index is 3.52. The van der Waals surface area contributed by atoms with E-state index in [1.165, 1.54) is 64.6 Å². The van der Waals surface area contributed by atoms with Gasteiger partial charge in [-0.3, -0.25) is 4.90 Å². The van der Waals surface area contributed by atoms with Gasteiger partial charge in [0, 0.05) is 12.6 Å². The molecule has 2 atom stereocenters. The standard InChI is InChI=1S/C16H32N2/c1-3-16(15-8-6-5-7-9-15)18-11-10-14(13-18)12-17-4-2/h14-17H,3-13H2,1-2H3. The van der Waals surface area contributed by atoms with Gasteiger partial charge in [0.1, 0.15) is 0 Å². The van der Waals surface area contributed by atoms with Crippen molar-refractivity contribution in [3.63, 3.8) is 0 Å². The second-order valence-corrected chi connectivity index (χ2v) is 6.33. The summed E-state index contributed by atoms with van der Waals surface area (Å²) in [6.07, 6.45) is 10.2. The highest BCUT2D eigenvalue weighted by atomic mass is 15.2. The van der Waals surface area contributed by atoms with E-state index in [4.69, 9.17) is 0 Å². The van der Waals surface area contributed by atoms with Crippen LogP contribution >= 0.6 is 0 Å². The molecule has 2 rings (SSSR count). The van der Waals surface area contributed by atoms with E-state index in [0.29, 0.717) is 0 Å². The molecule has 0 aromatic rings. The Bertz CT molecular complexity index is 223. The van der Waals surface area contributed by atoms with Gasteiger partial charge in [0.25, 0.3) is 0 Å². The van der Waals surface area contributed by atoms with Crippen molar-refractivity contribution in [1.82, 2.24) is 10.2 Å². The highest BCUT2D eigenvalue weighted by molar-refractivity contribution is 4.86. The second kappa shape index (κ2) is 7.49. The number of nitrogens with one attached hydrogen (secondary N) is 1. The molecule has 1 aliphatic heterocycles. The molecule has 2 fully saturated rings. The number of hydrogen-bond donors (Lipinski definition) is 1. The smallest absolute Gasteiger partial charge is 0.0121 e. The average Bonchev–Trinajstić information content (AvgIpc) is 2.87. The summed E-state index contributed by atoms with van der Waals surface area (Å²) in [6, 6.07) is 0.886. The molecule has 1 heterocycles. The van der Waals surface area contributed by atoms with Crippen molar-refractivity contribution in [3.8, 4) is 0 Å². The molecule has 2 heteroatoms. The van der Waals surface area contributed by atoms with Crippen molar-refractivity contribution in [3.05, 3.63) is 0 Å². The minimum Gasteiger partial charge on any atom is -0.317 e. The number of rotatable bonds is 6. The van der Waals surface area contributed by atoms with Crippen LogP contribution in [0.2, 0.25) is 0 Å². The molecular weight excluding hydrogens is 220 g/mol. The van der Waals surface area contributed by atoms with Gasteiger partial charge in [0.15, 0.2) is 0 Å². The lowest BCUT2D eigenvalue weighted by molar-refractivity contribution is 0.134. The van der Waals surface area contributed by atoms with Gasteiger partial charge in [-0.25, -0.2) is 0 Å². The van der Waals surface area contributed by atoms with Crippen molar-refractivity contribution in [1.29, 1.82) is 0 Å². The molecule has 106 valence electrons. The normalized spacial score (nSPS) is 28.7. The van der Waals surface area contributed by atoms with Gasteiger partial charge in [0.05, 0.1) is 0 Å². The summed E-state index contributed by atoms with van der Waals surface area (Å²) in [5.41, 5.74) is 0. The predicted molar refractivity (Wildman–Crippen MR) is 78.9 cm³/mol. The Morgan fingerprint density at radius 1 is 1.11 bits per heavy atom. The monoisotopic (exact) mass is 252 g/mol. The molecule has 2 unspecified atom stereocenters. The summed E-state index contributed by atoms with van der Waals surface area (Å²) in [6.45, 7) is 9.66. The zero-order valence-corrected chi connectivity index (χ0v) is 12.5. The Kier molecular flexibility index (Phi) is 5.97. The molecular formula is C16H32N2. The zero-order chi connectivity index (χ0) is 12.8. The van der Waals surface area contributed by atoms with Crippen LogP contribution < -0.4 is 5.32 Å². The summed E-state index contributed by atoms with van der Waals surface area (Å²) in [5, 5.41) is 3.52. The Hall–Kier alpha value is -0.0800. The van der Waals surface area contributed by atoms with Crippen molar-refractivity contribution in [2.45, 2.75) is 64.8 Å². The highest BCUT2D eigenvalue weighted by Crippen LogP contribution is 2.32. The molecule has 0 bridgehead atoms. The third-order valence-electron chi connectivity index (χ3n) is 5.08. The Labute approximate surface area is 114 Å². The van der Waals surface area contributed by atoms with Gasteiger partial charge in [0.2, 0.25) is 0 Å². The SMILES string of the molecule is CCNCC1CCN(C(CC)C2CCCCC2)C1. The highest BCUT2D eigenvalue weighted by Gasteiger charge is 2.32. The fraction of sp³-hybridized carbons (Fsp3) is 1.00. The molecule has 1 saturated heterocycles. The van der Waals surface area contributed by atoms with Crippen molar-refractivity contribution in [2.24, 2.45) is 11.8 Å². The minimum atomic E-state index is 0.886. The van der Waals surface area contributed by atoms with E-state index in [1.54, 1.807) is 0 Å². The van der Waals surface area contributed by atoms with Crippen molar-refractivity contribution < 1.29 is 0 Å². The Morgan fingerprint density at radius 3 is 2.56 bits per heavy atom. The molecule has 2 aliphatic rings. The molecule has 0 spiro atoms. The topological polar surface area (TPSA) is 15.3 Å². The van der Waals surface area contributed by atoms with Crippen molar-refractivity contribution >= 4 is 0 Å².